The smallest absolute Gasteiger partial charge is 0.505 e. The lowest BCUT2D eigenvalue weighted by molar-refractivity contribution is -0.151. The van der Waals surface area contributed by atoms with E-state index in [9.17, 15) is 38.3 Å². The lowest BCUT2D eigenvalue weighted by Crippen LogP contribution is -2.31. The van der Waals surface area contributed by atoms with Gasteiger partial charge in [-0.05, 0) is 24.3 Å². The Labute approximate surface area is 224 Å². The van der Waals surface area contributed by atoms with Crippen LogP contribution in [0.5, 0.6) is 0 Å². The third kappa shape index (κ3) is 9.98. The summed E-state index contributed by atoms with van der Waals surface area (Å²) in [6, 6.07) is 4.84. The number of carbonyl (C=O) groups is 3. The molecule has 0 fully saturated rings. The summed E-state index contributed by atoms with van der Waals surface area (Å²) >= 11 is 0. The van der Waals surface area contributed by atoms with Crippen LogP contribution in [0.15, 0.2) is 35.8 Å². The Morgan fingerprint density at radius 1 is 0.950 bits per heavy atom. The van der Waals surface area contributed by atoms with Crippen molar-refractivity contribution in [3.05, 3.63) is 35.8 Å². The van der Waals surface area contributed by atoms with Gasteiger partial charge in [-0.25, -0.2) is 9.36 Å². The van der Waals surface area contributed by atoms with E-state index >= 15 is 0 Å². The number of rotatable bonds is 14. The van der Waals surface area contributed by atoms with Crippen molar-refractivity contribution in [2.75, 3.05) is 23.8 Å². The van der Waals surface area contributed by atoms with Crippen molar-refractivity contribution in [1.29, 1.82) is 0 Å². The maximum Gasteiger partial charge on any atom is 0.525 e. The molecule has 0 saturated heterocycles. The molecule has 22 heteroatoms. The molecule has 0 spiro atoms. The number of hydrogen-bond acceptors (Lipinski definition) is 12. The lowest BCUT2D eigenvalue weighted by Gasteiger charge is -2.21. The Bertz CT molecular complexity index is 1260. The first-order valence-electron chi connectivity index (χ1n) is 10.7. The molecule has 1 aromatic rings. The Morgan fingerprint density at radius 3 is 2.00 bits per heavy atom. The van der Waals surface area contributed by atoms with Crippen molar-refractivity contribution in [3.8, 4) is 0 Å². The number of cyclic esters (lactones) is 1. The predicted octanol–water partition coefficient (Wildman–Crippen LogP) is -0.588. The highest BCUT2D eigenvalue weighted by Crippen LogP contribution is 2.59. The van der Waals surface area contributed by atoms with Crippen LogP contribution in [0.4, 0.5) is 11.4 Å². The fourth-order valence-electron chi connectivity index (χ4n) is 3.09. The van der Waals surface area contributed by atoms with Gasteiger partial charge in [0.2, 0.25) is 11.4 Å². The second-order valence-electron chi connectivity index (χ2n) is 8.07. The van der Waals surface area contributed by atoms with E-state index < -0.39 is 96.0 Å². The SMILES string of the molecule is O=C(CCC(=O)OC[C@@H](CO)C1OC(=O)C(OP(=O)(O)O)=C1O)Nc1ccc(NC(P(=O)(O)O)P(=O)(O)O)cc1. The summed E-state index contributed by atoms with van der Waals surface area (Å²) in [5.41, 5.74) is -2.40. The highest BCUT2D eigenvalue weighted by Gasteiger charge is 2.44. The normalized spacial score (nSPS) is 16.9. The topological polar surface area (TPSA) is 316 Å². The van der Waals surface area contributed by atoms with Gasteiger partial charge in [0.25, 0.3) is 5.76 Å². The summed E-state index contributed by atoms with van der Waals surface area (Å²) in [4.78, 5) is 90.0. The number of benzene rings is 1. The van der Waals surface area contributed by atoms with Crippen LogP contribution >= 0.6 is 23.0 Å². The second kappa shape index (κ2) is 13.2. The molecule has 0 aromatic heterocycles. The van der Waals surface area contributed by atoms with E-state index in [2.05, 4.69) is 9.84 Å². The maximum atomic E-state index is 12.1. The number of phosphoric acid groups is 1. The summed E-state index contributed by atoms with van der Waals surface area (Å²) in [6.07, 6.45) is -2.49. The van der Waals surface area contributed by atoms with Crippen LogP contribution in [0, 0.1) is 5.92 Å². The maximum absolute atomic E-state index is 12.1. The molecule has 1 heterocycles. The highest BCUT2D eigenvalue weighted by molar-refractivity contribution is 7.71. The monoisotopic (exact) mass is 634 g/mol. The molecule has 40 heavy (non-hydrogen) atoms. The standard InChI is InChI=1S/C18H25N2O17P3/c21-7-9(15-14(24)16(17(25)36-15)37-40(32,33)34)8-35-13(23)6-5-12(22)19-10-1-3-11(4-2-10)20-18(38(26,27)28)39(29,30)31/h1-4,9,15,18,20-21,24H,5-8H2,(H,19,22)(H2,26,27,28)(H2,29,30,31)(H2,32,33,34)/t9-,15?/m1/s1. The first-order chi connectivity index (χ1) is 18.3. The molecule has 1 aliphatic rings. The first-order valence-corrected chi connectivity index (χ1v) is 15.6. The van der Waals surface area contributed by atoms with E-state index in [0.29, 0.717) is 0 Å². The zero-order valence-electron chi connectivity index (χ0n) is 20.0. The molecule has 224 valence electrons. The Morgan fingerprint density at radius 2 is 1.50 bits per heavy atom. The summed E-state index contributed by atoms with van der Waals surface area (Å²) < 4.78 is 47.3. The Kier molecular flexibility index (Phi) is 11.0. The molecule has 2 atom stereocenters. The van der Waals surface area contributed by atoms with Crippen molar-refractivity contribution in [2.24, 2.45) is 5.92 Å². The van der Waals surface area contributed by atoms with Gasteiger partial charge in [0.15, 0.2) is 11.9 Å². The molecule has 0 aliphatic carbocycles. The second-order valence-corrected chi connectivity index (χ2v) is 13.0. The van der Waals surface area contributed by atoms with E-state index in [1.807, 2.05) is 5.32 Å². The van der Waals surface area contributed by atoms with Gasteiger partial charge < -0.3 is 54.4 Å². The molecule has 19 nitrogen and oxygen atoms in total. The van der Waals surface area contributed by atoms with Gasteiger partial charge >= 0.3 is 35.0 Å². The molecular weight excluding hydrogens is 609 g/mol. The number of carbonyl (C=O) groups excluding carboxylic acids is 3. The van der Waals surface area contributed by atoms with E-state index in [4.69, 9.17) is 38.8 Å². The van der Waals surface area contributed by atoms with Crippen LogP contribution < -0.4 is 10.6 Å². The lowest BCUT2D eigenvalue weighted by atomic mass is 10.0. The van der Waals surface area contributed by atoms with Gasteiger partial charge in [-0.15, -0.1) is 0 Å². The largest absolute Gasteiger partial charge is 0.525 e. The molecule has 0 bridgehead atoms. The van der Waals surface area contributed by atoms with Crippen LogP contribution in [0.2, 0.25) is 0 Å². The highest BCUT2D eigenvalue weighted by atomic mass is 31.2. The molecule has 1 aliphatic heterocycles. The number of aliphatic hydroxyl groups is 2. The molecule has 1 amide bonds. The van der Waals surface area contributed by atoms with Crippen molar-refractivity contribution >= 4 is 52.2 Å². The molecule has 2 rings (SSSR count). The number of aliphatic hydroxyl groups excluding tert-OH is 2. The van der Waals surface area contributed by atoms with Crippen molar-refractivity contribution in [1.82, 2.24) is 0 Å². The first kappa shape index (κ1) is 33.4. The molecule has 1 aromatic carbocycles. The van der Waals surface area contributed by atoms with Gasteiger partial charge in [0, 0.05) is 17.8 Å². The molecule has 0 radical (unpaired) electrons. The zero-order chi connectivity index (χ0) is 30.5. The number of phosphoric ester groups is 1. The third-order valence-electron chi connectivity index (χ3n) is 4.91. The summed E-state index contributed by atoms with van der Waals surface area (Å²) in [7, 11) is -15.7. The number of ether oxygens (including phenoxy) is 2. The van der Waals surface area contributed by atoms with Gasteiger partial charge in [-0.2, -0.15) is 0 Å². The summed E-state index contributed by atoms with van der Waals surface area (Å²) in [6.45, 7) is -1.42. The van der Waals surface area contributed by atoms with Crippen molar-refractivity contribution in [2.45, 2.75) is 24.5 Å². The van der Waals surface area contributed by atoms with Crippen molar-refractivity contribution < 1.29 is 81.6 Å². The van der Waals surface area contributed by atoms with E-state index in [1.54, 1.807) is 0 Å². The Balaban J connectivity index is 1.86. The number of nitrogens with one attached hydrogen (secondary N) is 2. The summed E-state index contributed by atoms with van der Waals surface area (Å²) in [5, 5.41) is 23.9. The van der Waals surface area contributed by atoms with Gasteiger partial charge in [0.05, 0.1) is 18.9 Å². The quantitative estimate of drug-likeness (QED) is 0.0903. The Hall–Kier alpha value is -2.82. The minimum atomic E-state index is -5.23. The van der Waals surface area contributed by atoms with Gasteiger partial charge in [-0.3, -0.25) is 28.5 Å². The van der Waals surface area contributed by atoms with Crippen LogP contribution in [-0.4, -0.2) is 82.3 Å². The average molecular weight is 634 g/mol. The minimum absolute atomic E-state index is 0.0779. The molecule has 0 saturated carbocycles. The summed E-state index contributed by atoms with van der Waals surface area (Å²) in [5.74, 6) is -6.46. The number of esters is 2. The van der Waals surface area contributed by atoms with Crippen LogP contribution in [0.3, 0.4) is 0 Å². The number of amides is 1. The van der Waals surface area contributed by atoms with Crippen LogP contribution in [0.25, 0.3) is 0 Å². The predicted molar refractivity (Wildman–Crippen MR) is 130 cm³/mol. The molecule has 10 N–H and O–H groups in total. The average Bonchev–Trinajstić information content (AvgIpc) is 3.08. The van der Waals surface area contributed by atoms with Crippen molar-refractivity contribution in [3.63, 3.8) is 0 Å². The fraction of sp³-hybridized carbons (Fsp3) is 0.389. The van der Waals surface area contributed by atoms with Crippen LogP contribution in [-0.2, 0) is 42.1 Å². The zero-order valence-corrected chi connectivity index (χ0v) is 22.6. The molecule has 1 unspecified atom stereocenters. The molecular formula is C18H25N2O17P3. The van der Waals surface area contributed by atoms with Gasteiger partial charge in [0.1, 0.15) is 6.61 Å². The van der Waals surface area contributed by atoms with Crippen LogP contribution in [0.1, 0.15) is 12.8 Å². The number of hydrogen-bond donors (Lipinski definition) is 10. The third-order valence-corrected chi connectivity index (χ3v) is 8.67. The van der Waals surface area contributed by atoms with E-state index in [-0.39, 0.29) is 11.4 Å². The van der Waals surface area contributed by atoms with E-state index in [0.717, 1.165) is 0 Å². The van der Waals surface area contributed by atoms with Gasteiger partial charge in [-0.1, -0.05) is 0 Å². The number of anilines is 2. The van der Waals surface area contributed by atoms with E-state index in [1.165, 1.54) is 24.3 Å². The minimum Gasteiger partial charge on any atom is -0.505 e. The fourth-order valence-corrected chi connectivity index (χ4v) is 5.70.